The van der Waals surface area contributed by atoms with Crippen molar-refractivity contribution in [1.82, 2.24) is 9.78 Å². The molecule has 1 aromatic heterocycles. The minimum Gasteiger partial charge on any atom is -0.374 e. The summed E-state index contributed by atoms with van der Waals surface area (Å²) in [6, 6.07) is 0.109. The molecule has 0 amide bonds. The molecular weight excluding hydrogens is 216 g/mol. The Balaban J connectivity index is 2.91. The number of ketones is 1. The molecule has 5 heteroatoms. The lowest BCUT2D eigenvalue weighted by Crippen LogP contribution is -2.17. The van der Waals surface area contributed by atoms with Crippen molar-refractivity contribution in [2.24, 2.45) is 0 Å². The Labute approximate surface area is 94.2 Å². The van der Waals surface area contributed by atoms with E-state index in [1.807, 2.05) is 20.8 Å². The summed E-state index contributed by atoms with van der Waals surface area (Å²) in [5.74, 6) is -0.131. The van der Waals surface area contributed by atoms with Gasteiger partial charge in [-0.2, -0.15) is 5.10 Å². The van der Waals surface area contributed by atoms with E-state index >= 15 is 0 Å². The molecule has 0 aliphatic carbocycles. The van der Waals surface area contributed by atoms with Crippen molar-refractivity contribution in [1.29, 1.82) is 0 Å². The van der Waals surface area contributed by atoms with Gasteiger partial charge in [0.05, 0.1) is 11.2 Å². The number of hydrogen-bond donors (Lipinski definition) is 0. The molecule has 4 nitrogen and oxygen atoms in total. The van der Waals surface area contributed by atoms with Crippen molar-refractivity contribution in [3.05, 3.63) is 16.9 Å². The monoisotopic (exact) mass is 230 g/mol. The molecule has 1 rings (SSSR count). The molecule has 1 heterocycles. The van der Waals surface area contributed by atoms with Crippen LogP contribution in [0, 0.1) is 0 Å². The lowest BCUT2D eigenvalue weighted by molar-refractivity contribution is 0.0771. The van der Waals surface area contributed by atoms with E-state index in [-0.39, 0.29) is 18.4 Å². The Morgan fingerprint density at radius 3 is 2.87 bits per heavy atom. The zero-order valence-corrected chi connectivity index (χ0v) is 9.91. The first-order chi connectivity index (χ1) is 7.07. The van der Waals surface area contributed by atoms with Gasteiger partial charge in [-0.3, -0.25) is 9.48 Å². The molecule has 0 aliphatic rings. The molecule has 0 bridgehead atoms. The third-order valence-electron chi connectivity index (χ3n) is 1.94. The molecule has 0 saturated heterocycles. The molecule has 0 saturated carbocycles. The smallest absolute Gasteiger partial charge is 0.207 e. The average Bonchev–Trinajstić information content (AvgIpc) is 2.56. The number of carbonyl (C=O) groups excluding carboxylic acids is 1. The van der Waals surface area contributed by atoms with Crippen LogP contribution in [0.4, 0.5) is 0 Å². The second kappa shape index (κ2) is 5.28. The molecule has 0 aliphatic heterocycles. The van der Waals surface area contributed by atoms with E-state index in [0.717, 1.165) is 0 Å². The normalized spacial score (nSPS) is 11.0. The zero-order chi connectivity index (χ0) is 11.4. The van der Waals surface area contributed by atoms with E-state index in [4.69, 9.17) is 16.3 Å². The summed E-state index contributed by atoms with van der Waals surface area (Å²) in [4.78, 5) is 11.7. The van der Waals surface area contributed by atoms with Crippen molar-refractivity contribution in [2.75, 3.05) is 13.2 Å². The van der Waals surface area contributed by atoms with Gasteiger partial charge >= 0.3 is 0 Å². The predicted molar refractivity (Wildman–Crippen MR) is 58.4 cm³/mol. The fraction of sp³-hybridized carbons (Fsp3) is 0.600. The Morgan fingerprint density at radius 1 is 1.67 bits per heavy atom. The number of aromatic nitrogens is 2. The molecule has 0 atom stereocenters. The van der Waals surface area contributed by atoms with E-state index in [1.54, 1.807) is 4.68 Å². The Kier molecular flexibility index (Phi) is 4.29. The van der Waals surface area contributed by atoms with E-state index in [0.29, 0.717) is 17.3 Å². The van der Waals surface area contributed by atoms with E-state index in [9.17, 15) is 4.79 Å². The van der Waals surface area contributed by atoms with Gasteiger partial charge in [-0.05, 0) is 20.8 Å². The SMILES string of the molecule is CCOCC(=O)c1c(Cl)cnn1C(C)C. The summed E-state index contributed by atoms with van der Waals surface area (Å²) in [7, 11) is 0. The largest absolute Gasteiger partial charge is 0.374 e. The van der Waals surface area contributed by atoms with Crippen molar-refractivity contribution >= 4 is 17.4 Å². The molecule has 84 valence electrons. The fourth-order valence-corrected chi connectivity index (χ4v) is 1.49. The number of rotatable bonds is 5. The van der Waals surface area contributed by atoms with Crippen LogP contribution >= 0.6 is 11.6 Å². The fourth-order valence-electron chi connectivity index (χ4n) is 1.26. The first-order valence-corrected chi connectivity index (χ1v) is 5.29. The minimum atomic E-state index is -0.131. The van der Waals surface area contributed by atoms with E-state index < -0.39 is 0 Å². The third kappa shape index (κ3) is 2.79. The van der Waals surface area contributed by atoms with Crippen molar-refractivity contribution in [3.63, 3.8) is 0 Å². The summed E-state index contributed by atoms with van der Waals surface area (Å²) in [5.41, 5.74) is 0.431. The maximum Gasteiger partial charge on any atom is 0.207 e. The number of hydrogen-bond acceptors (Lipinski definition) is 3. The van der Waals surface area contributed by atoms with Crippen LogP contribution in [0.5, 0.6) is 0 Å². The highest BCUT2D eigenvalue weighted by atomic mass is 35.5. The number of ether oxygens (including phenoxy) is 1. The minimum absolute atomic E-state index is 0.0502. The standard InChI is InChI=1S/C10H15ClN2O2/c1-4-15-6-9(14)10-8(11)5-12-13(10)7(2)3/h5,7H,4,6H2,1-3H3. The molecular formula is C10H15ClN2O2. The Bertz CT molecular complexity index is 347. The maximum atomic E-state index is 11.7. The Hall–Kier alpha value is -0.870. The van der Waals surface area contributed by atoms with Crippen LogP contribution in [0.25, 0.3) is 0 Å². The number of halogens is 1. The summed E-state index contributed by atoms with van der Waals surface area (Å²) in [6.07, 6.45) is 1.49. The number of carbonyl (C=O) groups is 1. The van der Waals surface area contributed by atoms with Crippen LogP contribution in [0.2, 0.25) is 5.02 Å². The summed E-state index contributed by atoms with van der Waals surface area (Å²) in [6.45, 7) is 6.30. The van der Waals surface area contributed by atoms with Gasteiger partial charge in [-0.15, -0.1) is 0 Å². The number of nitrogens with zero attached hydrogens (tertiary/aromatic N) is 2. The van der Waals surface area contributed by atoms with E-state index in [2.05, 4.69) is 5.10 Å². The average molecular weight is 231 g/mol. The molecule has 0 N–H and O–H groups in total. The molecule has 15 heavy (non-hydrogen) atoms. The topological polar surface area (TPSA) is 44.1 Å². The van der Waals surface area contributed by atoms with Crippen LogP contribution in [-0.4, -0.2) is 28.8 Å². The highest BCUT2D eigenvalue weighted by molar-refractivity contribution is 6.33. The second-order valence-corrected chi connectivity index (χ2v) is 3.85. The summed E-state index contributed by atoms with van der Waals surface area (Å²) >= 11 is 5.90. The van der Waals surface area contributed by atoms with Crippen LogP contribution in [0.3, 0.4) is 0 Å². The first-order valence-electron chi connectivity index (χ1n) is 4.91. The first kappa shape index (κ1) is 12.2. The molecule has 0 spiro atoms. The molecule has 1 aromatic rings. The Morgan fingerprint density at radius 2 is 2.33 bits per heavy atom. The molecule has 0 radical (unpaired) electrons. The van der Waals surface area contributed by atoms with Gasteiger partial charge < -0.3 is 4.74 Å². The van der Waals surface area contributed by atoms with E-state index in [1.165, 1.54) is 6.20 Å². The van der Waals surface area contributed by atoms with Crippen LogP contribution in [-0.2, 0) is 4.74 Å². The summed E-state index contributed by atoms with van der Waals surface area (Å²) in [5, 5.41) is 4.44. The van der Waals surface area contributed by atoms with Gasteiger partial charge in [-0.1, -0.05) is 11.6 Å². The van der Waals surface area contributed by atoms with Crippen molar-refractivity contribution < 1.29 is 9.53 Å². The summed E-state index contributed by atoms with van der Waals surface area (Å²) < 4.78 is 6.67. The molecule has 0 aromatic carbocycles. The molecule has 0 unspecified atom stereocenters. The van der Waals surface area contributed by atoms with Crippen LogP contribution in [0.15, 0.2) is 6.20 Å². The van der Waals surface area contributed by atoms with Crippen molar-refractivity contribution in [3.8, 4) is 0 Å². The highest BCUT2D eigenvalue weighted by Gasteiger charge is 2.18. The van der Waals surface area contributed by atoms with Gasteiger partial charge in [0.15, 0.2) is 0 Å². The quantitative estimate of drug-likeness (QED) is 0.730. The lowest BCUT2D eigenvalue weighted by Gasteiger charge is -2.10. The van der Waals surface area contributed by atoms with Crippen molar-refractivity contribution in [2.45, 2.75) is 26.8 Å². The van der Waals surface area contributed by atoms with Gasteiger partial charge in [-0.25, -0.2) is 0 Å². The maximum absolute atomic E-state index is 11.7. The third-order valence-corrected chi connectivity index (χ3v) is 2.22. The second-order valence-electron chi connectivity index (χ2n) is 3.44. The van der Waals surface area contributed by atoms with Gasteiger partial charge in [0.25, 0.3) is 0 Å². The lowest BCUT2D eigenvalue weighted by atomic mass is 10.2. The number of Topliss-reactive ketones (excluding diaryl/α,β-unsaturated/α-hetero) is 1. The predicted octanol–water partition coefficient (Wildman–Crippen LogP) is 2.34. The van der Waals surface area contributed by atoms with Gasteiger partial charge in [0.2, 0.25) is 5.78 Å². The highest BCUT2D eigenvalue weighted by Crippen LogP contribution is 2.19. The van der Waals surface area contributed by atoms with Gasteiger partial charge in [0, 0.05) is 12.6 Å². The zero-order valence-electron chi connectivity index (χ0n) is 9.16. The van der Waals surface area contributed by atoms with Crippen LogP contribution in [0.1, 0.15) is 37.3 Å². The van der Waals surface area contributed by atoms with Gasteiger partial charge in [0.1, 0.15) is 12.3 Å². The van der Waals surface area contributed by atoms with Crippen LogP contribution < -0.4 is 0 Å². The molecule has 0 fully saturated rings.